The smallest absolute Gasteiger partial charge is 0.390 e. The number of hydrogen-bond acceptors (Lipinski definition) is 9. The average molecular weight is 242 g/mol. The van der Waals surface area contributed by atoms with E-state index in [1.807, 2.05) is 0 Å². The molecule has 10 nitrogen and oxygen atoms in total. The molecule has 0 amide bonds. The first-order valence-electron chi connectivity index (χ1n) is 4.02. The van der Waals surface area contributed by atoms with Gasteiger partial charge in [0.15, 0.2) is 0 Å². The molecule has 2 heterocycles. The fourth-order valence-electron chi connectivity index (χ4n) is 1.02. The number of nitrogens with zero attached hydrogens (tertiary/aromatic N) is 6. The maximum Gasteiger partial charge on any atom is 0.490 e. The van der Waals surface area contributed by atoms with Crippen LogP contribution in [0.3, 0.4) is 0 Å². The Morgan fingerprint density at radius 1 is 1.69 bits per heavy atom. The van der Waals surface area contributed by atoms with Crippen LogP contribution in [0.5, 0.6) is 0 Å². The van der Waals surface area contributed by atoms with Gasteiger partial charge in [-0.2, -0.15) is 4.68 Å². The molecule has 2 aromatic rings. The second-order valence-corrected chi connectivity index (χ2v) is 3.45. The van der Waals surface area contributed by atoms with E-state index >= 15 is 0 Å². The molecule has 0 aliphatic carbocycles. The number of nitrogens with one attached hydrogen (secondary N) is 1. The molecule has 2 aromatic heterocycles. The van der Waals surface area contributed by atoms with Gasteiger partial charge < -0.3 is 15.5 Å². The summed E-state index contributed by atoms with van der Waals surface area (Å²) in [6.07, 6.45) is 1.25. The van der Waals surface area contributed by atoms with E-state index in [2.05, 4.69) is 25.1 Å². The van der Waals surface area contributed by atoms with Gasteiger partial charge in [-0.3, -0.25) is 0 Å². The SMILES string of the molecule is NNc1snnc1Cn1cnc([N+](=O)[O-])n1. The predicted molar refractivity (Wildman–Crippen MR) is 53.5 cm³/mol. The first-order chi connectivity index (χ1) is 7.70. The number of hydrazine groups is 1. The molecule has 84 valence electrons. The minimum atomic E-state index is -0.669. The Balaban J connectivity index is 2.17. The van der Waals surface area contributed by atoms with Crippen LogP contribution in [-0.4, -0.2) is 29.3 Å². The van der Waals surface area contributed by atoms with Crippen LogP contribution in [-0.2, 0) is 6.54 Å². The summed E-state index contributed by atoms with van der Waals surface area (Å²) in [5.41, 5.74) is 2.97. The highest BCUT2D eigenvalue weighted by molar-refractivity contribution is 7.10. The molecule has 0 aliphatic heterocycles. The largest absolute Gasteiger partial charge is 0.490 e. The Morgan fingerprint density at radius 2 is 2.50 bits per heavy atom. The zero-order chi connectivity index (χ0) is 11.5. The lowest BCUT2D eigenvalue weighted by molar-refractivity contribution is -0.394. The van der Waals surface area contributed by atoms with Crippen molar-refractivity contribution in [2.75, 3.05) is 5.43 Å². The number of nitrogens with two attached hydrogens (primary N) is 1. The lowest BCUT2D eigenvalue weighted by Crippen LogP contribution is -2.09. The lowest BCUT2D eigenvalue weighted by Gasteiger charge is -1.96. The van der Waals surface area contributed by atoms with Crippen LogP contribution < -0.4 is 11.3 Å². The van der Waals surface area contributed by atoms with Gasteiger partial charge in [-0.15, -0.1) is 5.10 Å². The van der Waals surface area contributed by atoms with Crippen LogP contribution in [0.25, 0.3) is 0 Å². The zero-order valence-electron chi connectivity index (χ0n) is 7.77. The van der Waals surface area contributed by atoms with Gasteiger partial charge in [-0.05, 0) is 4.92 Å². The summed E-state index contributed by atoms with van der Waals surface area (Å²) in [4.78, 5) is 13.2. The molecular weight excluding hydrogens is 236 g/mol. The molecule has 0 aliphatic rings. The van der Waals surface area contributed by atoms with Gasteiger partial charge in [-0.25, -0.2) is 5.84 Å². The molecular formula is C5H6N8O2S. The minimum Gasteiger partial charge on any atom is -0.390 e. The zero-order valence-corrected chi connectivity index (χ0v) is 8.59. The van der Waals surface area contributed by atoms with E-state index in [1.165, 1.54) is 11.0 Å². The Bertz CT molecular complexity index is 506. The molecule has 0 fully saturated rings. The van der Waals surface area contributed by atoms with Crippen LogP contribution in [0, 0.1) is 10.1 Å². The summed E-state index contributed by atoms with van der Waals surface area (Å²) < 4.78 is 4.97. The molecule has 3 N–H and O–H groups in total. The van der Waals surface area contributed by atoms with Gasteiger partial charge >= 0.3 is 5.95 Å². The molecule has 11 heteroatoms. The van der Waals surface area contributed by atoms with Gasteiger partial charge in [-0.1, -0.05) is 9.47 Å². The van der Waals surface area contributed by atoms with Crippen LogP contribution in [0.4, 0.5) is 10.9 Å². The number of nitro groups is 1. The van der Waals surface area contributed by atoms with E-state index in [-0.39, 0.29) is 6.54 Å². The second-order valence-electron chi connectivity index (χ2n) is 2.69. The van der Waals surface area contributed by atoms with Crippen LogP contribution >= 0.6 is 11.5 Å². The van der Waals surface area contributed by atoms with Crippen molar-refractivity contribution in [2.24, 2.45) is 5.84 Å². The van der Waals surface area contributed by atoms with Crippen molar-refractivity contribution >= 4 is 22.5 Å². The number of aromatic nitrogens is 5. The normalized spacial score (nSPS) is 10.3. The highest BCUT2D eigenvalue weighted by Gasteiger charge is 2.15. The van der Waals surface area contributed by atoms with E-state index in [1.54, 1.807) is 0 Å². The summed E-state index contributed by atoms with van der Waals surface area (Å²) in [6, 6.07) is 0. The van der Waals surface area contributed by atoms with Gasteiger partial charge in [0.1, 0.15) is 17.2 Å². The molecule has 0 saturated carbocycles. The predicted octanol–water partition coefficient (Wildman–Crippen LogP) is -0.628. The Kier molecular flexibility index (Phi) is 2.70. The van der Waals surface area contributed by atoms with Crippen LogP contribution in [0.15, 0.2) is 6.33 Å². The molecule has 0 atom stereocenters. The summed E-state index contributed by atoms with van der Waals surface area (Å²) in [5.74, 6) is 4.78. The highest BCUT2D eigenvalue weighted by Crippen LogP contribution is 2.16. The van der Waals surface area contributed by atoms with E-state index in [0.29, 0.717) is 10.7 Å². The fraction of sp³-hybridized carbons (Fsp3) is 0.200. The van der Waals surface area contributed by atoms with Crippen LogP contribution in [0.2, 0.25) is 0 Å². The molecule has 0 aromatic carbocycles. The van der Waals surface area contributed by atoms with Crippen molar-refractivity contribution in [3.05, 3.63) is 22.1 Å². The van der Waals surface area contributed by atoms with Gasteiger partial charge in [0.05, 0.1) is 0 Å². The second kappa shape index (κ2) is 4.16. The van der Waals surface area contributed by atoms with E-state index in [4.69, 9.17) is 5.84 Å². The van der Waals surface area contributed by atoms with Gasteiger partial charge in [0.2, 0.25) is 6.33 Å². The molecule has 0 bridgehead atoms. The number of nitrogen functional groups attached to an aromatic ring is 1. The third-order valence-electron chi connectivity index (χ3n) is 1.69. The standard InChI is InChI=1S/C5H6N8O2S/c6-8-4-3(9-11-16-4)1-12-2-7-5(10-12)13(14)15/h2,8H,1,6H2. The van der Waals surface area contributed by atoms with E-state index in [0.717, 1.165) is 11.5 Å². The Hall–Kier alpha value is -2.14. The summed E-state index contributed by atoms with van der Waals surface area (Å²) >= 11 is 1.09. The van der Waals surface area contributed by atoms with Crippen molar-refractivity contribution in [1.82, 2.24) is 24.4 Å². The first-order valence-corrected chi connectivity index (χ1v) is 4.79. The van der Waals surface area contributed by atoms with Crippen molar-refractivity contribution in [3.8, 4) is 0 Å². The number of anilines is 1. The molecule has 0 unspecified atom stereocenters. The fourth-order valence-corrected chi connectivity index (χ4v) is 1.50. The van der Waals surface area contributed by atoms with Crippen molar-refractivity contribution in [3.63, 3.8) is 0 Å². The van der Waals surface area contributed by atoms with Crippen LogP contribution in [0.1, 0.15) is 5.69 Å². The van der Waals surface area contributed by atoms with Crippen molar-refractivity contribution in [2.45, 2.75) is 6.54 Å². The minimum absolute atomic E-state index is 0.219. The van der Waals surface area contributed by atoms with E-state index in [9.17, 15) is 10.1 Å². The number of hydrogen-bond donors (Lipinski definition) is 2. The Morgan fingerprint density at radius 3 is 3.12 bits per heavy atom. The molecule has 0 saturated heterocycles. The lowest BCUT2D eigenvalue weighted by atomic mass is 10.4. The summed E-state index contributed by atoms with van der Waals surface area (Å²) in [5, 5.41) is 18.4. The molecule has 2 rings (SSSR count). The topological polar surface area (TPSA) is 138 Å². The molecule has 16 heavy (non-hydrogen) atoms. The van der Waals surface area contributed by atoms with Crippen molar-refractivity contribution in [1.29, 1.82) is 0 Å². The third kappa shape index (κ3) is 1.94. The summed E-state index contributed by atoms with van der Waals surface area (Å²) in [6.45, 7) is 0.219. The first kappa shape index (κ1) is 10.4. The maximum atomic E-state index is 10.3. The van der Waals surface area contributed by atoms with Gasteiger partial charge in [0, 0.05) is 16.6 Å². The monoisotopic (exact) mass is 242 g/mol. The molecule has 0 spiro atoms. The number of rotatable bonds is 4. The van der Waals surface area contributed by atoms with Crippen molar-refractivity contribution < 1.29 is 4.92 Å². The quantitative estimate of drug-likeness (QED) is 0.410. The average Bonchev–Trinajstić information content (AvgIpc) is 2.87. The molecule has 0 radical (unpaired) electrons. The highest BCUT2D eigenvalue weighted by atomic mass is 32.1. The third-order valence-corrected chi connectivity index (χ3v) is 2.39. The summed E-state index contributed by atoms with van der Waals surface area (Å²) in [7, 11) is 0. The van der Waals surface area contributed by atoms with Gasteiger partial charge in [0.25, 0.3) is 0 Å². The Labute approximate surface area is 92.4 Å². The van der Waals surface area contributed by atoms with E-state index < -0.39 is 10.9 Å². The maximum absolute atomic E-state index is 10.3.